The number of pyridine rings is 1. The maximum Gasteiger partial charge on any atom is 0.278 e. The fourth-order valence-electron chi connectivity index (χ4n) is 4.89. The summed E-state index contributed by atoms with van der Waals surface area (Å²) in [5.74, 6) is 0.476. The van der Waals surface area contributed by atoms with Crippen molar-refractivity contribution in [1.29, 1.82) is 0 Å². The molecule has 0 unspecified atom stereocenters. The molecule has 4 aromatic rings. The number of likely N-dealkylation sites (N-methyl/N-ethyl adjacent to an activating group) is 1. The first-order chi connectivity index (χ1) is 17.1. The zero-order valence-corrected chi connectivity index (χ0v) is 19.6. The highest BCUT2D eigenvalue weighted by atomic mass is 19.1. The molecule has 5 heterocycles. The van der Waals surface area contributed by atoms with Crippen molar-refractivity contribution < 1.29 is 9.18 Å². The fourth-order valence-corrected chi connectivity index (χ4v) is 4.89. The molecule has 2 aliphatic heterocycles. The number of halogens is 1. The number of rotatable bonds is 3. The Morgan fingerprint density at radius 3 is 2.60 bits per heavy atom. The van der Waals surface area contributed by atoms with Crippen molar-refractivity contribution >= 4 is 23.1 Å². The van der Waals surface area contributed by atoms with E-state index in [0.29, 0.717) is 17.9 Å². The van der Waals surface area contributed by atoms with Gasteiger partial charge in [-0.15, -0.1) is 0 Å². The van der Waals surface area contributed by atoms with Gasteiger partial charge in [-0.05, 0) is 55.8 Å². The molecule has 0 saturated carbocycles. The van der Waals surface area contributed by atoms with Crippen molar-refractivity contribution in [2.75, 3.05) is 49.6 Å². The Kier molecular flexibility index (Phi) is 5.41. The van der Waals surface area contributed by atoms with Gasteiger partial charge in [0.05, 0.1) is 18.1 Å². The standard InChI is InChI=1S/C26H26FN7O/c1-31-9-11-32(12-10-31)24-7-4-19(14-29-24)23-15-30-25-16-28-21(17-34(23)25)26(35)33-8-2-3-18-13-20(27)5-6-22(18)33/h4-7,13-17H,2-3,8-12H2,1H3. The molecule has 0 bridgehead atoms. The van der Waals surface area contributed by atoms with Gasteiger partial charge in [0.1, 0.15) is 17.3 Å². The van der Waals surface area contributed by atoms with Crippen LogP contribution in [0.15, 0.2) is 55.1 Å². The number of imidazole rings is 1. The van der Waals surface area contributed by atoms with Gasteiger partial charge in [-0.25, -0.2) is 19.3 Å². The second-order valence-corrected chi connectivity index (χ2v) is 9.17. The van der Waals surface area contributed by atoms with Crippen molar-refractivity contribution in [1.82, 2.24) is 24.3 Å². The van der Waals surface area contributed by atoms with Crippen LogP contribution in [0, 0.1) is 5.82 Å². The van der Waals surface area contributed by atoms with E-state index in [1.54, 1.807) is 29.6 Å². The summed E-state index contributed by atoms with van der Waals surface area (Å²) in [6.45, 7) is 4.54. The number of aryl methyl sites for hydroxylation is 1. The van der Waals surface area contributed by atoms with Crippen molar-refractivity contribution in [2.45, 2.75) is 12.8 Å². The number of piperazine rings is 1. The first-order valence-corrected chi connectivity index (χ1v) is 11.9. The van der Waals surface area contributed by atoms with Crippen LogP contribution < -0.4 is 9.80 Å². The number of nitrogens with zero attached hydrogens (tertiary/aromatic N) is 7. The Morgan fingerprint density at radius 2 is 1.80 bits per heavy atom. The van der Waals surface area contributed by atoms with Crippen molar-refractivity contribution in [3.05, 3.63) is 72.2 Å². The summed E-state index contributed by atoms with van der Waals surface area (Å²) in [5.41, 5.74) is 4.32. The Bertz CT molecular complexity index is 1390. The molecule has 8 nitrogen and oxygen atoms in total. The molecule has 0 spiro atoms. The normalized spacial score (nSPS) is 16.5. The number of hydrogen-bond acceptors (Lipinski definition) is 6. The highest BCUT2D eigenvalue weighted by Crippen LogP contribution is 2.29. The van der Waals surface area contributed by atoms with Gasteiger partial charge in [-0.1, -0.05) is 0 Å². The summed E-state index contributed by atoms with van der Waals surface area (Å²) < 4.78 is 15.6. The number of carbonyl (C=O) groups is 1. The van der Waals surface area contributed by atoms with Gasteiger partial charge in [0.25, 0.3) is 5.91 Å². The molecule has 6 rings (SSSR count). The van der Waals surface area contributed by atoms with Crippen LogP contribution in [-0.4, -0.2) is 69.9 Å². The summed E-state index contributed by atoms with van der Waals surface area (Å²) in [6.07, 6.45) is 8.51. The molecular weight excluding hydrogens is 445 g/mol. The van der Waals surface area contributed by atoms with Crippen LogP contribution in [0.1, 0.15) is 22.5 Å². The Morgan fingerprint density at radius 1 is 0.943 bits per heavy atom. The number of amides is 1. The fraction of sp³-hybridized carbons (Fsp3) is 0.308. The Labute approximate surface area is 202 Å². The van der Waals surface area contributed by atoms with E-state index in [9.17, 15) is 9.18 Å². The maximum atomic E-state index is 13.7. The summed E-state index contributed by atoms with van der Waals surface area (Å²) in [5, 5.41) is 0. The van der Waals surface area contributed by atoms with E-state index in [1.165, 1.54) is 12.1 Å². The highest BCUT2D eigenvalue weighted by Gasteiger charge is 2.25. The van der Waals surface area contributed by atoms with Crippen molar-refractivity contribution in [3.8, 4) is 11.3 Å². The molecule has 0 radical (unpaired) electrons. The van der Waals surface area contributed by atoms with Gasteiger partial charge in [0, 0.05) is 56.4 Å². The first kappa shape index (κ1) is 21.7. The molecule has 1 saturated heterocycles. The molecule has 1 aromatic carbocycles. The lowest BCUT2D eigenvalue weighted by Crippen LogP contribution is -2.44. The van der Waals surface area contributed by atoms with E-state index in [0.717, 1.165) is 67.3 Å². The molecule has 178 valence electrons. The Balaban J connectivity index is 1.29. The van der Waals surface area contributed by atoms with Gasteiger partial charge in [-0.2, -0.15) is 0 Å². The minimum atomic E-state index is -0.284. The lowest BCUT2D eigenvalue weighted by atomic mass is 10.0. The highest BCUT2D eigenvalue weighted by molar-refractivity contribution is 6.05. The van der Waals surface area contributed by atoms with Gasteiger partial charge >= 0.3 is 0 Å². The smallest absolute Gasteiger partial charge is 0.278 e. The van der Waals surface area contributed by atoms with Gasteiger partial charge < -0.3 is 14.7 Å². The monoisotopic (exact) mass is 471 g/mol. The number of carbonyl (C=O) groups excluding carboxylic acids is 1. The second kappa shape index (κ2) is 8.74. The largest absolute Gasteiger partial charge is 0.354 e. The molecule has 0 aliphatic carbocycles. The Hall–Kier alpha value is -3.85. The van der Waals surface area contributed by atoms with Crippen LogP contribution in [0.5, 0.6) is 0 Å². The van der Waals surface area contributed by atoms with Crippen LogP contribution in [0.4, 0.5) is 15.9 Å². The average molecular weight is 472 g/mol. The molecule has 9 heteroatoms. The van der Waals surface area contributed by atoms with E-state index in [4.69, 9.17) is 4.98 Å². The molecule has 0 N–H and O–H groups in total. The zero-order chi connectivity index (χ0) is 23.9. The lowest BCUT2D eigenvalue weighted by molar-refractivity contribution is 0.0980. The molecule has 1 fully saturated rings. The topological polar surface area (TPSA) is 69.9 Å². The molecule has 35 heavy (non-hydrogen) atoms. The van der Waals surface area contributed by atoms with Gasteiger partial charge in [0.2, 0.25) is 0 Å². The predicted molar refractivity (Wildman–Crippen MR) is 132 cm³/mol. The van der Waals surface area contributed by atoms with E-state index >= 15 is 0 Å². The summed E-state index contributed by atoms with van der Waals surface area (Å²) >= 11 is 0. The zero-order valence-electron chi connectivity index (χ0n) is 19.6. The lowest BCUT2D eigenvalue weighted by Gasteiger charge is -2.33. The first-order valence-electron chi connectivity index (χ1n) is 11.9. The quantitative estimate of drug-likeness (QED) is 0.457. The number of anilines is 2. The van der Waals surface area contributed by atoms with Crippen molar-refractivity contribution in [3.63, 3.8) is 0 Å². The van der Waals surface area contributed by atoms with Crippen LogP contribution in [0.2, 0.25) is 0 Å². The van der Waals surface area contributed by atoms with E-state index in [-0.39, 0.29) is 11.7 Å². The van der Waals surface area contributed by atoms with Crippen LogP contribution in [0.3, 0.4) is 0 Å². The van der Waals surface area contributed by atoms with Crippen LogP contribution in [-0.2, 0) is 6.42 Å². The third-order valence-electron chi connectivity index (χ3n) is 6.89. The number of benzene rings is 1. The number of fused-ring (bicyclic) bond motifs is 2. The predicted octanol–water partition coefficient (Wildman–Crippen LogP) is 3.28. The van der Waals surface area contributed by atoms with Crippen LogP contribution in [0.25, 0.3) is 16.9 Å². The second-order valence-electron chi connectivity index (χ2n) is 9.17. The number of hydrogen-bond donors (Lipinski definition) is 0. The molecule has 2 aliphatic rings. The number of aromatic nitrogens is 4. The average Bonchev–Trinajstić information content (AvgIpc) is 3.31. The molecule has 0 atom stereocenters. The summed E-state index contributed by atoms with van der Waals surface area (Å²) in [7, 11) is 2.14. The minimum absolute atomic E-state index is 0.206. The third-order valence-corrected chi connectivity index (χ3v) is 6.89. The van der Waals surface area contributed by atoms with Gasteiger partial charge in [-0.3, -0.25) is 9.20 Å². The van der Waals surface area contributed by atoms with Crippen molar-refractivity contribution in [2.24, 2.45) is 0 Å². The van der Waals surface area contributed by atoms with Crippen LogP contribution >= 0.6 is 0 Å². The molecular formula is C26H26FN7O. The van der Waals surface area contributed by atoms with E-state index in [1.807, 2.05) is 22.7 Å². The molecule has 1 amide bonds. The minimum Gasteiger partial charge on any atom is -0.354 e. The summed E-state index contributed by atoms with van der Waals surface area (Å²) in [6, 6.07) is 8.67. The summed E-state index contributed by atoms with van der Waals surface area (Å²) in [4.78, 5) is 33.3. The molecule has 3 aromatic heterocycles. The van der Waals surface area contributed by atoms with E-state index < -0.39 is 0 Å². The third kappa shape index (κ3) is 4.01. The SMILES string of the molecule is CN1CCN(c2ccc(-c3cnc4cnc(C(=O)N5CCCc6cc(F)ccc65)cn34)cn2)CC1. The van der Waals surface area contributed by atoms with Gasteiger partial charge in [0.15, 0.2) is 5.65 Å². The maximum absolute atomic E-state index is 13.7. The van der Waals surface area contributed by atoms with E-state index in [2.05, 4.69) is 26.8 Å².